The zero-order valence-corrected chi connectivity index (χ0v) is 19.5. The van der Waals surface area contributed by atoms with E-state index in [1.165, 1.54) is 5.56 Å². The fraction of sp³-hybridized carbons (Fsp3) is 0.172. The molecule has 0 aliphatic carbocycles. The summed E-state index contributed by atoms with van der Waals surface area (Å²) >= 11 is 0. The Hall–Kier alpha value is -4.12. The molecule has 0 N–H and O–H groups in total. The molecule has 5 nitrogen and oxygen atoms in total. The monoisotopic (exact) mass is 452 g/mol. The minimum absolute atomic E-state index is 0.0505. The normalized spacial score (nSPS) is 14.4. The molecule has 2 heterocycles. The van der Waals surface area contributed by atoms with Crippen LogP contribution < -0.4 is 9.47 Å². The summed E-state index contributed by atoms with van der Waals surface area (Å²) in [5, 5.41) is 0.818. The number of hydrogen-bond acceptors (Lipinski definition) is 5. The van der Waals surface area contributed by atoms with Crippen molar-refractivity contribution in [3.63, 3.8) is 0 Å². The van der Waals surface area contributed by atoms with Gasteiger partial charge in [-0.05, 0) is 53.3 Å². The summed E-state index contributed by atoms with van der Waals surface area (Å²) in [6, 6.07) is 20.3. The molecule has 0 atom stereocenters. The standard InChI is InChI=1S/C29H24O5/c1-17-13-21(32-28(31)25-15-19-7-5-6-8-22(19)33-25)16-23-26(17)27(30)24(34-23)14-18-9-11-20(12-10-18)29(2,3)4/h5-16H,1-4H3/b24-14-. The van der Waals surface area contributed by atoms with Crippen molar-refractivity contribution in [2.75, 3.05) is 0 Å². The number of benzene rings is 3. The topological polar surface area (TPSA) is 65.7 Å². The van der Waals surface area contributed by atoms with Crippen LogP contribution in [0.1, 0.15) is 58.4 Å². The Bertz CT molecular complexity index is 1430. The van der Waals surface area contributed by atoms with Crippen molar-refractivity contribution in [2.45, 2.75) is 33.1 Å². The third-order valence-corrected chi connectivity index (χ3v) is 5.86. The van der Waals surface area contributed by atoms with E-state index in [2.05, 4.69) is 32.9 Å². The molecule has 0 saturated heterocycles. The molecule has 4 aromatic rings. The summed E-state index contributed by atoms with van der Waals surface area (Å²) in [5.41, 5.74) is 3.89. The van der Waals surface area contributed by atoms with E-state index in [4.69, 9.17) is 13.9 Å². The van der Waals surface area contributed by atoms with E-state index >= 15 is 0 Å². The Morgan fingerprint density at radius 1 is 0.971 bits per heavy atom. The zero-order chi connectivity index (χ0) is 24.0. The van der Waals surface area contributed by atoms with Crippen LogP contribution in [0.5, 0.6) is 11.5 Å². The molecular formula is C29H24O5. The number of rotatable bonds is 3. The average molecular weight is 453 g/mol. The van der Waals surface area contributed by atoms with Crippen molar-refractivity contribution in [3.05, 3.63) is 101 Å². The maximum atomic E-state index is 13.0. The summed E-state index contributed by atoms with van der Waals surface area (Å²) < 4.78 is 17.0. The molecule has 0 saturated carbocycles. The summed E-state index contributed by atoms with van der Waals surface area (Å²) in [7, 11) is 0. The second-order valence-corrected chi connectivity index (χ2v) is 9.46. The molecule has 1 aliphatic rings. The summed E-state index contributed by atoms with van der Waals surface area (Å²) in [4.78, 5) is 25.6. The lowest BCUT2D eigenvalue weighted by Crippen LogP contribution is -2.10. The van der Waals surface area contributed by atoms with Gasteiger partial charge in [0.2, 0.25) is 11.5 Å². The third-order valence-electron chi connectivity index (χ3n) is 5.86. The number of carbonyl (C=O) groups is 2. The lowest BCUT2D eigenvalue weighted by molar-refractivity contribution is 0.0703. The van der Waals surface area contributed by atoms with Gasteiger partial charge in [0, 0.05) is 11.5 Å². The SMILES string of the molecule is Cc1cc(OC(=O)c2cc3ccccc3o2)cc2c1C(=O)/C(=C/c1ccc(C(C)(C)C)cc1)O2. The molecule has 34 heavy (non-hydrogen) atoms. The van der Waals surface area contributed by atoms with Gasteiger partial charge in [-0.15, -0.1) is 0 Å². The van der Waals surface area contributed by atoms with Crippen LogP contribution in [0, 0.1) is 6.92 Å². The number of fused-ring (bicyclic) bond motifs is 2. The first-order valence-corrected chi connectivity index (χ1v) is 11.1. The van der Waals surface area contributed by atoms with Gasteiger partial charge in [-0.3, -0.25) is 4.79 Å². The predicted octanol–water partition coefficient (Wildman–Crippen LogP) is 6.87. The van der Waals surface area contributed by atoms with Crippen molar-refractivity contribution in [2.24, 2.45) is 0 Å². The van der Waals surface area contributed by atoms with Crippen molar-refractivity contribution < 1.29 is 23.5 Å². The quantitative estimate of drug-likeness (QED) is 0.193. The van der Waals surface area contributed by atoms with E-state index in [0.717, 1.165) is 10.9 Å². The van der Waals surface area contributed by atoms with Gasteiger partial charge in [0.05, 0.1) is 5.56 Å². The van der Waals surface area contributed by atoms with Gasteiger partial charge in [0.1, 0.15) is 17.1 Å². The van der Waals surface area contributed by atoms with Gasteiger partial charge in [-0.25, -0.2) is 4.79 Å². The van der Waals surface area contributed by atoms with Crippen molar-refractivity contribution in [1.29, 1.82) is 0 Å². The Labute approximate surface area is 197 Å². The largest absolute Gasteiger partial charge is 0.452 e. The van der Waals surface area contributed by atoms with Gasteiger partial charge in [0.15, 0.2) is 5.76 Å². The number of carbonyl (C=O) groups excluding carboxylic acids is 2. The lowest BCUT2D eigenvalue weighted by Gasteiger charge is -2.18. The van der Waals surface area contributed by atoms with E-state index in [9.17, 15) is 9.59 Å². The predicted molar refractivity (Wildman–Crippen MR) is 130 cm³/mol. The van der Waals surface area contributed by atoms with Gasteiger partial charge < -0.3 is 13.9 Å². The van der Waals surface area contributed by atoms with Crippen molar-refractivity contribution in [1.82, 2.24) is 0 Å². The Morgan fingerprint density at radius 3 is 2.41 bits per heavy atom. The molecule has 3 aromatic carbocycles. The van der Waals surface area contributed by atoms with E-state index in [1.807, 2.05) is 30.3 Å². The molecule has 5 rings (SSSR count). The van der Waals surface area contributed by atoms with Crippen LogP contribution in [-0.4, -0.2) is 11.8 Å². The molecule has 5 heteroatoms. The van der Waals surface area contributed by atoms with E-state index < -0.39 is 5.97 Å². The highest BCUT2D eigenvalue weighted by molar-refractivity contribution is 6.15. The second-order valence-electron chi connectivity index (χ2n) is 9.46. The van der Waals surface area contributed by atoms with Gasteiger partial charge in [-0.2, -0.15) is 0 Å². The number of furan rings is 1. The summed E-state index contributed by atoms with van der Waals surface area (Å²) in [6.07, 6.45) is 1.73. The van der Waals surface area contributed by atoms with Crippen molar-refractivity contribution in [3.8, 4) is 11.5 Å². The fourth-order valence-corrected chi connectivity index (χ4v) is 4.01. The molecule has 0 bridgehead atoms. The number of allylic oxidation sites excluding steroid dienone is 1. The molecule has 1 aromatic heterocycles. The van der Waals surface area contributed by atoms with Crippen LogP contribution in [0.15, 0.2) is 76.9 Å². The minimum atomic E-state index is -0.616. The van der Waals surface area contributed by atoms with Gasteiger partial charge in [-0.1, -0.05) is 63.2 Å². The molecular weight excluding hydrogens is 428 g/mol. The van der Waals surface area contributed by atoms with Crippen LogP contribution in [-0.2, 0) is 5.41 Å². The first-order valence-electron chi connectivity index (χ1n) is 11.1. The Morgan fingerprint density at radius 2 is 1.71 bits per heavy atom. The minimum Gasteiger partial charge on any atom is -0.452 e. The number of Topliss-reactive ketones (excluding diaryl/α,β-unsaturated/α-hetero) is 1. The number of aryl methyl sites for hydroxylation is 1. The highest BCUT2D eigenvalue weighted by atomic mass is 16.5. The summed E-state index contributed by atoms with van der Waals surface area (Å²) in [5.74, 6) is 0.190. The molecule has 0 unspecified atom stereocenters. The average Bonchev–Trinajstić information content (AvgIpc) is 3.35. The molecule has 0 amide bonds. The molecule has 0 radical (unpaired) electrons. The zero-order valence-electron chi connectivity index (χ0n) is 19.5. The summed E-state index contributed by atoms with van der Waals surface area (Å²) in [6.45, 7) is 8.26. The third kappa shape index (κ3) is 4.01. The molecule has 170 valence electrons. The fourth-order valence-electron chi connectivity index (χ4n) is 4.01. The number of ketones is 1. The van der Waals surface area contributed by atoms with Crippen LogP contribution in [0.3, 0.4) is 0 Å². The molecule has 1 aliphatic heterocycles. The maximum absolute atomic E-state index is 13.0. The smallest absolute Gasteiger partial charge is 0.379 e. The first kappa shape index (κ1) is 21.7. The number of hydrogen-bond donors (Lipinski definition) is 0. The van der Waals surface area contributed by atoms with Gasteiger partial charge >= 0.3 is 5.97 Å². The van der Waals surface area contributed by atoms with Crippen LogP contribution in [0.25, 0.3) is 17.0 Å². The number of esters is 1. The number of para-hydroxylation sites is 1. The lowest BCUT2D eigenvalue weighted by atomic mass is 9.86. The van der Waals surface area contributed by atoms with Crippen LogP contribution in [0.2, 0.25) is 0 Å². The molecule has 0 spiro atoms. The second kappa shape index (κ2) is 8.03. The number of ether oxygens (including phenoxy) is 2. The highest BCUT2D eigenvalue weighted by Crippen LogP contribution is 2.38. The van der Waals surface area contributed by atoms with E-state index in [1.54, 1.807) is 37.3 Å². The van der Waals surface area contributed by atoms with E-state index in [-0.39, 0.29) is 28.5 Å². The molecule has 0 fully saturated rings. The Balaban J connectivity index is 1.38. The maximum Gasteiger partial charge on any atom is 0.379 e. The van der Waals surface area contributed by atoms with E-state index in [0.29, 0.717) is 22.5 Å². The van der Waals surface area contributed by atoms with Crippen LogP contribution >= 0.6 is 0 Å². The first-order chi connectivity index (χ1) is 16.2. The Kier molecular flexibility index (Phi) is 5.13. The van der Waals surface area contributed by atoms with Crippen molar-refractivity contribution >= 4 is 28.8 Å². The highest BCUT2D eigenvalue weighted by Gasteiger charge is 2.30. The van der Waals surface area contributed by atoms with Crippen LogP contribution in [0.4, 0.5) is 0 Å². The van der Waals surface area contributed by atoms with Gasteiger partial charge in [0.25, 0.3) is 0 Å².